The molecule has 5 atom stereocenters. The van der Waals surface area contributed by atoms with E-state index in [1.54, 1.807) is 11.8 Å². The molecule has 0 aromatic heterocycles. The summed E-state index contributed by atoms with van der Waals surface area (Å²) < 4.78 is 0. The molecule has 0 radical (unpaired) electrons. The Kier molecular flexibility index (Phi) is 6.33. The maximum absolute atomic E-state index is 13.5. The van der Waals surface area contributed by atoms with Gasteiger partial charge in [-0.05, 0) is 64.3 Å². The van der Waals surface area contributed by atoms with Gasteiger partial charge in [0.25, 0.3) is 0 Å². The van der Waals surface area contributed by atoms with Gasteiger partial charge < -0.3 is 10.2 Å². The molecule has 0 spiro atoms. The van der Waals surface area contributed by atoms with Crippen LogP contribution in [0.15, 0.2) is 12.1 Å². The Morgan fingerprint density at radius 3 is 2.09 bits per heavy atom. The molecule has 1 heterocycles. The molecule has 1 aliphatic heterocycles. The summed E-state index contributed by atoms with van der Waals surface area (Å²) in [5, 5.41) is 20.2. The molecule has 1 aromatic carbocycles. The predicted octanol–water partition coefficient (Wildman–Crippen LogP) is 4.70. The lowest BCUT2D eigenvalue weighted by molar-refractivity contribution is -0.141. The van der Waals surface area contributed by atoms with Crippen molar-refractivity contribution in [2.24, 2.45) is 23.7 Å². The predicted molar refractivity (Wildman–Crippen MR) is 133 cm³/mol. The van der Waals surface area contributed by atoms with Crippen LogP contribution in [0.5, 0.6) is 5.75 Å². The Balaban J connectivity index is 1.58. The third-order valence-electron chi connectivity index (χ3n) is 7.82. The van der Waals surface area contributed by atoms with E-state index in [4.69, 9.17) is 5.11 Å². The topological polar surface area (TPSA) is 94.9 Å². The van der Waals surface area contributed by atoms with Gasteiger partial charge in [0.1, 0.15) is 5.75 Å². The van der Waals surface area contributed by atoms with Gasteiger partial charge in [-0.2, -0.15) is 11.8 Å². The molecule has 2 N–H and O–H groups in total. The van der Waals surface area contributed by atoms with Gasteiger partial charge in [-0.1, -0.05) is 41.5 Å². The second kappa shape index (κ2) is 8.58. The summed E-state index contributed by atoms with van der Waals surface area (Å²) in [5.74, 6) is -0.216. The number of thioether (sulfide) groups is 1. The highest BCUT2D eigenvalue weighted by Crippen LogP contribution is 2.59. The first-order chi connectivity index (χ1) is 15.7. The third kappa shape index (κ3) is 4.36. The zero-order valence-corrected chi connectivity index (χ0v) is 21.9. The molecular weight excluding hydrogens is 450 g/mol. The van der Waals surface area contributed by atoms with Gasteiger partial charge in [0.05, 0.1) is 24.8 Å². The standard InChI is InChI=1S/C27H37NO5S/c1-26(2,3)17-9-14(10-18(23(17)31)27(4,5)6)13-28-24(32)21-15-11-16(22(21)25(28)33)19(12-15)34-8-7-20(29)30/h9-10,15-16,19,21-22,31H,7-8,11-13H2,1-6H3,(H,29,30). The van der Waals surface area contributed by atoms with E-state index in [0.29, 0.717) is 11.5 Å². The maximum atomic E-state index is 13.5. The molecule has 3 fully saturated rings. The van der Waals surface area contributed by atoms with Crippen LogP contribution in [0.1, 0.15) is 77.5 Å². The number of hydrogen-bond donors (Lipinski definition) is 2. The normalized spacial score (nSPS) is 28.6. The zero-order valence-electron chi connectivity index (χ0n) is 21.1. The quantitative estimate of drug-likeness (QED) is 0.565. The van der Waals surface area contributed by atoms with Gasteiger partial charge in [0, 0.05) is 11.0 Å². The van der Waals surface area contributed by atoms with E-state index in [1.807, 2.05) is 12.1 Å². The summed E-state index contributed by atoms with van der Waals surface area (Å²) in [7, 11) is 0. The van der Waals surface area contributed by atoms with E-state index in [-0.39, 0.29) is 64.5 Å². The number of carbonyl (C=O) groups is 3. The Morgan fingerprint density at radius 2 is 1.56 bits per heavy atom. The first-order valence-corrected chi connectivity index (χ1v) is 13.3. The highest BCUT2D eigenvalue weighted by molar-refractivity contribution is 7.99. The minimum atomic E-state index is -0.801. The van der Waals surface area contributed by atoms with Crippen molar-refractivity contribution in [1.29, 1.82) is 0 Å². The third-order valence-corrected chi connectivity index (χ3v) is 9.23. The second-order valence-corrected chi connectivity index (χ2v) is 13.6. The van der Waals surface area contributed by atoms with Crippen LogP contribution in [-0.4, -0.2) is 43.9 Å². The maximum Gasteiger partial charge on any atom is 0.304 e. The van der Waals surface area contributed by atoms with Crippen molar-refractivity contribution in [2.45, 2.75) is 83.4 Å². The van der Waals surface area contributed by atoms with E-state index in [2.05, 4.69) is 41.5 Å². The SMILES string of the molecule is CC(C)(C)c1cc(CN2C(=O)C3C4CC(SCCC(=O)O)C(C4)C3C2=O)cc(C(C)(C)C)c1O. The van der Waals surface area contributed by atoms with Crippen molar-refractivity contribution in [1.82, 2.24) is 4.90 Å². The van der Waals surface area contributed by atoms with Crippen LogP contribution in [0.3, 0.4) is 0 Å². The van der Waals surface area contributed by atoms with Gasteiger partial charge in [-0.15, -0.1) is 0 Å². The van der Waals surface area contributed by atoms with Crippen molar-refractivity contribution < 1.29 is 24.6 Å². The average molecular weight is 488 g/mol. The molecule has 4 rings (SSSR count). The van der Waals surface area contributed by atoms with E-state index in [0.717, 1.165) is 29.5 Å². The zero-order chi connectivity index (χ0) is 25.2. The number of amides is 2. The molecule has 2 saturated carbocycles. The number of carboxylic acids is 1. The fraction of sp³-hybridized carbons (Fsp3) is 0.667. The number of nitrogens with zero attached hydrogens (tertiary/aromatic N) is 1. The Morgan fingerprint density at radius 1 is 1.00 bits per heavy atom. The first-order valence-electron chi connectivity index (χ1n) is 12.3. The molecule has 1 saturated heterocycles. The number of fused-ring (bicyclic) bond motifs is 5. The van der Waals surface area contributed by atoms with Gasteiger partial charge in [0.15, 0.2) is 0 Å². The highest BCUT2D eigenvalue weighted by atomic mass is 32.2. The summed E-state index contributed by atoms with van der Waals surface area (Å²) in [6.45, 7) is 12.5. The van der Waals surface area contributed by atoms with Crippen molar-refractivity contribution in [3.63, 3.8) is 0 Å². The Labute approximate surface area is 206 Å². The van der Waals surface area contributed by atoms with Crippen LogP contribution in [0.2, 0.25) is 0 Å². The number of benzene rings is 1. The van der Waals surface area contributed by atoms with Crippen molar-refractivity contribution in [2.75, 3.05) is 5.75 Å². The minimum absolute atomic E-state index is 0.0563. The monoisotopic (exact) mass is 487 g/mol. The number of phenols is 1. The number of likely N-dealkylation sites (tertiary alicyclic amines) is 1. The van der Waals surface area contributed by atoms with E-state index in [1.165, 1.54) is 4.90 Å². The number of rotatable bonds is 6. The molecule has 2 bridgehead atoms. The summed E-state index contributed by atoms with van der Waals surface area (Å²) in [6, 6.07) is 3.89. The first kappa shape index (κ1) is 25.1. The van der Waals surface area contributed by atoms with Crippen LogP contribution in [0.4, 0.5) is 0 Å². The van der Waals surface area contributed by atoms with Crippen LogP contribution in [0.25, 0.3) is 0 Å². The summed E-state index contributed by atoms with van der Waals surface area (Å²) in [5.41, 5.74) is 1.95. The molecule has 2 amide bonds. The summed E-state index contributed by atoms with van der Waals surface area (Å²) in [4.78, 5) is 39.2. The molecule has 3 aliphatic rings. The Bertz CT molecular complexity index is 986. The molecule has 1 aromatic rings. The number of aromatic hydroxyl groups is 1. The van der Waals surface area contributed by atoms with Gasteiger partial charge in [0.2, 0.25) is 11.8 Å². The summed E-state index contributed by atoms with van der Waals surface area (Å²) in [6.07, 6.45) is 1.91. The second-order valence-electron chi connectivity index (χ2n) is 12.3. The lowest BCUT2D eigenvalue weighted by Gasteiger charge is -2.29. The van der Waals surface area contributed by atoms with E-state index >= 15 is 0 Å². The summed E-state index contributed by atoms with van der Waals surface area (Å²) >= 11 is 1.65. The number of phenolic OH excluding ortho intramolecular Hbond substituents is 1. The fourth-order valence-corrected chi connectivity index (χ4v) is 7.72. The number of carbonyl (C=O) groups excluding carboxylic acids is 2. The van der Waals surface area contributed by atoms with Crippen LogP contribution < -0.4 is 0 Å². The van der Waals surface area contributed by atoms with Crippen molar-refractivity contribution in [3.05, 3.63) is 28.8 Å². The highest BCUT2D eigenvalue weighted by Gasteiger charge is 2.63. The fourth-order valence-electron chi connectivity index (χ4n) is 6.22. The van der Waals surface area contributed by atoms with Gasteiger partial charge in [-0.3, -0.25) is 19.3 Å². The van der Waals surface area contributed by atoms with Crippen LogP contribution in [0, 0.1) is 23.7 Å². The number of imide groups is 1. The van der Waals surface area contributed by atoms with Crippen molar-refractivity contribution >= 4 is 29.5 Å². The lowest BCUT2D eigenvalue weighted by atomic mass is 9.78. The van der Waals surface area contributed by atoms with Crippen molar-refractivity contribution in [3.8, 4) is 5.75 Å². The molecule has 186 valence electrons. The molecule has 7 heteroatoms. The molecule has 6 nitrogen and oxygen atoms in total. The molecule has 2 aliphatic carbocycles. The molecular formula is C27H37NO5S. The molecule has 34 heavy (non-hydrogen) atoms. The van der Waals surface area contributed by atoms with Crippen LogP contribution >= 0.6 is 11.8 Å². The smallest absolute Gasteiger partial charge is 0.304 e. The lowest BCUT2D eigenvalue weighted by Crippen LogP contribution is -2.33. The van der Waals surface area contributed by atoms with Gasteiger partial charge >= 0.3 is 5.97 Å². The van der Waals surface area contributed by atoms with E-state index in [9.17, 15) is 19.5 Å². The number of hydrogen-bond acceptors (Lipinski definition) is 5. The van der Waals surface area contributed by atoms with Crippen LogP contribution in [-0.2, 0) is 31.8 Å². The number of aliphatic carboxylic acids is 1. The molecule has 5 unspecified atom stereocenters. The number of carboxylic acid groups (broad SMARTS) is 1. The Hall–Kier alpha value is -2.02. The minimum Gasteiger partial charge on any atom is -0.507 e. The van der Waals surface area contributed by atoms with E-state index < -0.39 is 5.97 Å². The average Bonchev–Trinajstić information content (AvgIpc) is 3.34. The van der Waals surface area contributed by atoms with Gasteiger partial charge in [-0.25, -0.2) is 0 Å². The largest absolute Gasteiger partial charge is 0.507 e.